The molecule has 1 aromatic carbocycles. The van der Waals surface area contributed by atoms with Gasteiger partial charge in [0.25, 0.3) is 0 Å². The summed E-state index contributed by atoms with van der Waals surface area (Å²) in [6.07, 6.45) is 0. The highest BCUT2D eigenvalue weighted by molar-refractivity contribution is 6.31. The van der Waals surface area contributed by atoms with Gasteiger partial charge < -0.3 is 9.26 Å². The summed E-state index contributed by atoms with van der Waals surface area (Å²) in [6.45, 7) is 0. The van der Waals surface area contributed by atoms with E-state index in [1.165, 1.54) is 7.11 Å². The average Bonchev–Trinajstić information content (AvgIpc) is 2.59. The zero-order chi connectivity index (χ0) is 10.1. The first-order valence-corrected chi connectivity index (χ1v) is 4.17. The fourth-order valence-electron chi connectivity index (χ4n) is 1.22. The Labute approximate surface area is 84.6 Å². The van der Waals surface area contributed by atoms with Crippen molar-refractivity contribution in [3.8, 4) is 11.8 Å². The van der Waals surface area contributed by atoms with Gasteiger partial charge >= 0.3 is 0 Å². The van der Waals surface area contributed by atoms with E-state index in [-0.39, 0.29) is 5.76 Å². The maximum Gasteiger partial charge on any atom is 0.244 e. The number of aromatic nitrogens is 1. The zero-order valence-corrected chi connectivity index (χ0v) is 8.00. The van der Waals surface area contributed by atoms with Crippen LogP contribution in [-0.4, -0.2) is 12.3 Å². The van der Waals surface area contributed by atoms with E-state index >= 15 is 0 Å². The number of halogens is 1. The fourth-order valence-corrected chi connectivity index (χ4v) is 1.43. The molecule has 2 aromatic rings. The highest BCUT2D eigenvalue weighted by atomic mass is 35.5. The standard InChI is InChI=1S/C9H5ClN2O2/c1-13-7-3-5(10)2-6-8(4-11)14-12-9(6)7/h2-3H,1H3. The Morgan fingerprint density at radius 2 is 2.36 bits per heavy atom. The second-order valence-corrected chi connectivity index (χ2v) is 3.06. The number of nitriles is 1. The quantitative estimate of drug-likeness (QED) is 0.722. The summed E-state index contributed by atoms with van der Waals surface area (Å²) in [5.74, 6) is 0.638. The van der Waals surface area contributed by atoms with Crippen molar-refractivity contribution in [1.29, 1.82) is 5.26 Å². The molecule has 0 unspecified atom stereocenters. The highest BCUT2D eigenvalue weighted by Crippen LogP contribution is 2.30. The van der Waals surface area contributed by atoms with Gasteiger partial charge in [0, 0.05) is 11.1 Å². The molecule has 0 spiro atoms. The molecular weight excluding hydrogens is 204 g/mol. The lowest BCUT2D eigenvalue weighted by molar-refractivity contribution is 0.400. The third-order valence-electron chi connectivity index (χ3n) is 1.83. The maximum atomic E-state index is 8.71. The van der Waals surface area contributed by atoms with Gasteiger partial charge in [0.15, 0.2) is 5.52 Å². The lowest BCUT2D eigenvalue weighted by Crippen LogP contribution is -1.84. The molecule has 0 bridgehead atoms. The third kappa shape index (κ3) is 1.19. The van der Waals surface area contributed by atoms with Crippen LogP contribution < -0.4 is 4.74 Å². The predicted octanol–water partition coefficient (Wildman–Crippen LogP) is 2.36. The van der Waals surface area contributed by atoms with Crippen LogP contribution in [0.3, 0.4) is 0 Å². The number of hydrogen-bond acceptors (Lipinski definition) is 4. The van der Waals surface area contributed by atoms with Gasteiger partial charge in [0.1, 0.15) is 11.8 Å². The number of rotatable bonds is 1. The lowest BCUT2D eigenvalue weighted by atomic mass is 10.2. The van der Waals surface area contributed by atoms with Gasteiger partial charge in [0.05, 0.1) is 12.5 Å². The molecule has 0 saturated heterocycles. The first-order chi connectivity index (χ1) is 6.76. The van der Waals surface area contributed by atoms with E-state index in [0.29, 0.717) is 21.7 Å². The van der Waals surface area contributed by atoms with Crippen molar-refractivity contribution in [2.75, 3.05) is 7.11 Å². The number of nitrogens with zero attached hydrogens (tertiary/aromatic N) is 2. The minimum atomic E-state index is 0.140. The zero-order valence-electron chi connectivity index (χ0n) is 7.24. The minimum absolute atomic E-state index is 0.140. The van der Waals surface area contributed by atoms with E-state index < -0.39 is 0 Å². The van der Waals surface area contributed by atoms with Crippen molar-refractivity contribution >= 4 is 22.5 Å². The van der Waals surface area contributed by atoms with Gasteiger partial charge in [-0.25, -0.2) is 0 Å². The topological polar surface area (TPSA) is 59.0 Å². The Bertz CT molecular complexity index is 527. The molecule has 0 aliphatic carbocycles. The summed E-state index contributed by atoms with van der Waals surface area (Å²) in [5, 5.41) is 13.5. The average molecular weight is 209 g/mol. The number of hydrogen-bond donors (Lipinski definition) is 0. The SMILES string of the molecule is COc1cc(Cl)cc2c(C#N)onc12. The van der Waals surface area contributed by atoms with E-state index in [0.717, 1.165) is 0 Å². The second kappa shape index (κ2) is 3.20. The van der Waals surface area contributed by atoms with Crippen molar-refractivity contribution in [3.63, 3.8) is 0 Å². The van der Waals surface area contributed by atoms with Crippen molar-refractivity contribution in [2.45, 2.75) is 0 Å². The van der Waals surface area contributed by atoms with Crippen LogP contribution in [0.2, 0.25) is 5.02 Å². The van der Waals surface area contributed by atoms with Crippen LogP contribution in [0.5, 0.6) is 5.75 Å². The van der Waals surface area contributed by atoms with Gasteiger partial charge in [-0.3, -0.25) is 0 Å². The number of benzene rings is 1. The van der Waals surface area contributed by atoms with Gasteiger partial charge in [-0.05, 0) is 6.07 Å². The summed E-state index contributed by atoms with van der Waals surface area (Å²) in [4.78, 5) is 0. The van der Waals surface area contributed by atoms with Crippen LogP contribution in [0, 0.1) is 11.3 Å². The van der Waals surface area contributed by atoms with Crippen molar-refractivity contribution in [3.05, 3.63) is 22.9 Å². The Morgan fingerprint density at radius 1 is 1.57 bits per heavy atom. The van der Waals surface area contributed by atoms with Gasteiger partial charge in [0.2, 0.25) is 5.76 Å². The molecule has 0 amide bonds. The molecule has 1 aromatic heterocycles. The molecule has 0 saturated carbocycles. The Balaban J connectivity index is 2.85. The normalized spacial score (nSPS) is 10.1. The van der Waals surface area contributed by atoms with Crippen LogP contribution in [0.15, 0.2) is 16.7 Å². The molecule has 70 valence electrons. The monoisotopic (exact) mass is 208 g/mol. The smallest absolute Gasteiger partial charge is 0.244 e. The molecule has 1 heterocycles. The molecule has 0 N–H and O–H groups in total. The first kappa shape index (κ1) is 8.85. The highest BCUT2D eigenvalue weighted by Gasteiger charge is 2.13. The fraction of sp³-hybridized carbons (Fsp3) is 0.111. The Hall–Kier alpha value is -1.73. The van der Waals surface area contributed by atoms with Gasteiger partial charge in [-0.2, -0.15) is 5.26 Å². The van der Waals surface area contributed by atoms with Crippen LogP contribution in [-0.2, 0) is 0 Å². The van der Waals surface area contributed by atoms with Crippen molar-refractivity contribution in [1.82, 2.24) is 5.16 Å². The van der Waals surface area contributed by atoms with Crippen molar-refractivity contribution in [2.24, 2.45) is 0 Å². The molecule has 5 heteroatoms. The van der Waals surface area contributed by atoms with Crippen LogP contribution in [0.1, 0.15) is 5.76 Å². The predicted molar refractivity (Wildman–Crippen MR) is 50.3 cm³/mol. The van der Waals surface area contributed by atoms with E-state index in [2.05, 4.69) is 5.16 Å². The third-order valence-corrected chi connectivity index (χ3v) is 2.05. The first-order valence-electron chi connectivity index (χ1n) is 3.79. The molecule has 0 atom stereocenters. The summed E-state index contributed by atoms with van der Waals surface area (Å²) in [5.41, 5.74) is 0.508. The lowest BCUT2D eigenvalue weighted by Gasteiger charge is -1.99. The maximum absolute atomic E-state index is 8.71. The summed E-state index contributed by atoms with van der Waals surface area (Å²) in [7, 11) is 1.51. The molecule has 0 aliphatic heterocycles. The van der Waals surface area contributed by atoms with Crippen LogP contribution >= 0.6 is 11.6 Å². The van der Waals surface area contributed by atoms with E-state index in [1.807, 2.05) is 6.07 Å². The molecule has 2 rings (SSSR count). The second-order valence-electron chi connectivity index (χ2n) is 2.63. The number of methoxy groups -OCH3 is 1. The number of fused-ring (bicyclic) bond motifs is 1. The van der Waals surface area contributed by atoms with E-state index in [4.69, 9.17) is 26.1 Å². The molecule has 0 aliphatic rings. The summed E-state index contributed by atoms with van der Waals surface area (Å²) in [6, 6.07) is 5.12. The molecule has 14 heavy (non-hydrogen) atoms. The van der Waals surface area contributed by atoms with Gasteiger partial charge in [-0.1, -0.05) is 16.8 Å². The van der Waals surface area contributed by atoms with E-state index in [9.17, 15) is 0 Å². The molecule has 0 fully saturated rings. The molecule has 0 radical (unpaired) electrons. The largest absolute Gasteiger partial charge is 0.494 e. The van der Waals surface area contributed by atoms with Crippen LogP contribution in [0.25, 0.3) is 10.9 Å². The Morgan fingerprint density at radius 3 is 3.00 bits per heavy atom. The Kier molecular flexibility index (Phi) is 2.02. The summed E-state index contributed by atoms with van der Waals surface area (Å²) >= 11 is 5.83. The van der Waals surface area contributed by atoms with Crippen LogP contribution in [0.4, 0.5) is 0 Å². The van der Waals surface area contributed by atoms with Gasteiger partial charge in [-0.15, -0.1) is 0 Å². The van der Waals surface area contributed by atoms with Crippen molar-refractivity contribution < 1.29 is 9.26 Å². The van der Waals surface area contributed by atoms with E-state index in [1.54, 1.807) is 12.1 Å². The minimum Gasteiger partial charge on any atom is -0.494 e. The number of ether oxygens (including phenoxy) is 1. The molecule has 4 nitrogen and oxygen atoms in total. The summed E-state index contributed by atoms with van der Waals surface area (Å²) < 4.78 is 9.86. The molecular formula is C9H5ClN2O2.